The number of ether oxygens (including phenoxy) is 6. The third-order valence-electron chi connectivity index (χ3n) is 6.10. The van der Waals surface area contributed by atoms with Gasteiger partial charge in [0, 0.05) is 0 Å². The molecule has 0 saturated carbocycles. The summed E-state index contributed by atoms with van der Waals surface area (Å²) in [6.07, 6.45) is -87.1. The summed E-state index contributed by atoms with van der Waals surface area (Å²) in [5.74, 6) is -33.9. The Labute approximate surface area is 310 Å². The standard InChI is InChI=1S/C23H8F32O6/c24-8(58-22(52,53)14(34,18(42,43)44)60-20(48,49)12(30,31)16(36,37)38)10(26,27)56-5-6-1-3-7(4-2-6)57-11(28,29)9(25)59-23(54,55)15(35,19(45,46)47)61-21(50,51)13(32,33)17(39,40)41/h1-4,8-9H,5H2. The van der Waals surface area contributed by atoms with E-state index in [1.807, 2.05) is 9.47 Å². The van der Waals surface area contributed by atoms with Gasteiger partial charge in [0.1, 0.15) is 5.75 Å². The average Bonchev–Trinajstić information content (AvgIpc) is 3.01. The zero-order valence-electron chi connectivity index (χ0n) is 26.7. The fourth-order valence-corrected chi connectivity index (χ4v) is 3.03. The molecule has 0 spiro atoms. The lowest BCUT2D eigenvalue weighted by atomic mass is 10.2. The van der Waals surface area contributed by atoms with Crippen LogP contribution in [0, 0.1) is 0 Å². The quantitative estimate of drug-likeness (QED) is 0.129. The molecule has 0 heterocycles. The molecule has 1 rings (SSSR count). The topological polar surface area (TPSA) is 55.4 Å². The van der Waals surface area contributed by atoms with Gasteiger partial charge in [-0.3, -0.25) is 18.9 Å². The Bertz CT molecular complexity index is 1620. The van der Waals surface area contributed by atoms with Crippen LogP contribution in [-0.4, -0.2) is 97.6 Å². The van der Waals surface area contributed by atoms with Gasteiger partial charge in [0.25, 0.3) is 6.36 Å². The Morgan fingerprint density at radius 3 is 0.951 bits per heavy atom. The molecule has 0 fully saturated rings. The summed E-state index contributed by atoms with van der Waals surface area (Å²) in [6, 6.07) is -0.458. The highest BCUT2D eigenvalue weighted by molar-refractivity contribution is 5.27. The lowest BCUT2D eigenvalue weighted by Crippen LogP contribution is -2.66. The fourth-order valence-electron chi connectivity index (χ4n) is 3.03. The van der Waals surface area contributed by atoms with E-state index >= 15 is 0 Å². The van der Waals surface area contributed by atoms with E-state index in [0.717, 1.165) is 0 Å². The second-order valence-electron chi connectivity index (χ2n) is 10.6. The number of halogens is 32. The molecule has 38 heteroatoms. The maximum Gasteiger partial charge on any atom is 0.462 e. The van der Waals surface area contributed by atoms with Crippen LogP contribution < -0.4 is 4.74 Å². The molecule has 360 valence electrons. The summed E-state index contributed by atoms with van der Waals surface area (Å²) in [5, 5.41) is 0. The summed E-state index contributed by atoms with van der Waals surface area (Å²) < 4.78 is 435. The molecule has 0 N–H and O–H groups in total. The van der Waals surface area contributed by atoms with Gasteiger partial charge in [-0.15, -0.1) is 0 Å². The summed E-state index contributed by atoms with van der Waals surface area (Å²) >= 11 is 0. The van der Waals surface area contributed by atoms with Crippen molar-refractivity contribution in [3.63, 3.8) is 0 Å². The van der Waals surface area contributed by atoms with Crippen molar-refractivity contribution >= 4 is 0 Å². The molecule has 0 aromatic heterocycles. The molecule has 61 heavy (non-hydrogen) atoms. The molecule has 1 aromatic carbocycles. The van der Waals surface area contributed by atoms with E-state index in [2.05, 4.69) is 9.47 Å². The molecule has 0 aliphatic heterocycles. The van der Waals surface area contributed by atoms with Gasteiger partial charge in [-0.25, -0.2) is 8.78 Å². The molecule has 0 aliphatic rings. The monoisotopic (exact) mass is 988 g/mol. The Morgan fingerprint density at radius 1 is 0.377 bits per heavy atom. The highest BCUT2D eigenvalue weighted by Gasteiger charge is 2.86. The van der Waals surface area contributed by atoms with E-state index in [-0.39, 0.29) is 24.3 Å². The van der Waals surface area contributed by atoms with Gasteiger partial charge in [0.05, 0.1) is 6.61 Å². The Balaban J connectivity index is 3.23. The zero-order chi connectivity index (χ0) is 49.1. The number of alkyl halides is 32. The SMILES string of the molecule is FC(OC(F)(F)C(F)(OC(F)(F)C(F)(F)C(F)(F)F)C(F)(F)F)C(F)(F)OCc1ccc(OC(F)(F)C(F)OC(F)(F)C(F)(OC(F)(F)C(F)(F)C(F)(F)F)C(F)(F)F)cc1. The predicted molar refractivity (Wildman–Crippen MR) is 117 cm³/mol. The minimum absolute atomic E-state index is 0.0348. The van der Waals surface area contributed by atoms with Crippen molar-refractivity contribution in [2.75, 3.05) is 0 Å². The molecular weight excluding hydrogens is 980 g/mol. The van der Waals surface area contributed by atoms with E-state index in [0.29, 0.717) is 0 Å². The molecule has 4 unspecified atom stereocenters. The summed E-state index contributed by atoms with van der Waals surface area (Å²) in [5.41, 5.74) is -1.16. The van der Waals surface area contributed by atoms with E-state index in [1.54, 1.807) is 0 Å². The maximum atomic E-state index is 14.1. The van der Waals surface area contributed by atoms with Crippen LogP contribution in [0.3, 0.4) is 0 Å². The van der Waals surface area contributed by atoms with Crippen molar-refractivity contribution < 1.29 is 169 Å². The van der Waals surface area contributed by atoms with E-state index in [4.69, 9.17) is 0 Å². The van der Waals surface area contributed by atoms with Crippen LogP contribution in [0.5, 0.6) is 5.75 Å². The van der Waals surface area contributed by atoms with Gasteiger partial charge < -0.3 is 9.47 Å². The van der Waals surface area contributed by atoms with E-state index < -0.39 is 116 Å². The summed E-state index contributed by atoms with van der Waals surface area (Å²) in [6.45, 7) is -2.15. The molecule has 0 aliphatic carbocycles. The molecular formula is C23H8F32O6. The zero-order valence-corrected chi connectivity index (χ0v) is 26.7. The Hall–Kier alpha value is -3.42. The lowest BCUT2D eigenvalue weighted by molar-refractivity contribution is -0.545. The van der Waals surface area contributed by atoms with Crippen LogP contribution in [-0.2, 0) is 30.3 Å². The summed E-state index contributed by atoms with van der Waals surface area (Å²) in [7, 11) is 0. The van der Waals surface area contributed by atoms with Crippen LogP contribution in [0.25, 0.3) is 0 Å². The largest absolute Gasteiger partial charge is 0.462 e. The molecule has 4 atom stereocenters. The number of benzene rings is 1. The molecule has 1 aromatic rings. The van der Waals surface area contributed by atoms with Crippen molar-refractivity contribution in [1.82, 2.24) is 0 Å². The maximum absolute atomic E-state index is 14.1. The van der Waals surface area contributed by atoms with Crippen molar-refractivity contribution in [2.24, 2.45) is 0 Å². The number of hydrogen-bond acceptors (Lipinski definition) is 6. The molecule has 6 nitrogen and oxygen atoms in total. The van der Waals surface area contributed by atoms with Crippen molar-refractivity contribution in [2.45, 2.75) is 104 Å². The second-order valence-corrected chi connectivity index (χ2v) is 10.6. The molecule has 0 amide bonds. The van der Waals surface area contributed by atoms with Gasteiger partial charge in [0.2, 0.25) is 0 Å². The first kappa shape index (κ1) is 55.6. The van der Waals surface area contributed by atoms with Crippen LogP contribution in [0.15, 0.2) is 24.3 Å². The Morgan fingerprint density at radius 2 is 0.672 bits per heavy atom. The van der Waals surface area contributed by atoms with Gasteiger partial charge in [0.15, 0.2) is 0 Å². The predicted octanol–water partition coefficient (Wildman–Crippen LogP) is 11.6. The van der Waals surface area contributed by atoms with Gasteiger partial charge >= 0.3 is 91.3 Å². The van der Waals surface area contributed by atoms with Crippen LogP contribution in [0.2, 0.25) is 0 Å². The highest BCUT2D eigenvalue weighted by atomic mass is 19.4. The first-order valence-corrected chi connectivity index (χ1v) is 13.5. The van der Waals surface area contributed by atoms with Crippen molar-refractivity contribution in [1.29, 1.82) is 0 Å². The first-order valence-electron chi connectivity index (χ1n) is 13.5. The summed E-state index contributed by atoms with van der Waals surface area (Å²) in [4.78, 5) is 0. The van der Waals surface area contributed by atoms with Gasteiger partial charge in [-0.2, -0.15) is 132 Å². The third-order valence-corrected chi connectivity index (χ3v) is 6.10. The van der Waals surface area contributed by atoms with Crippen LogP contribution >= 0.6 is 0 Å². The van der Waals surface area contributed by atoms with Crippen molar-refractivity contribution in [3.8, 4) is 5.75 Å². The average molecular weight is 988 g/mol. The normalized spacial score (nSPS) is 18.4. The highest BCUT2D eigenvalue weighted by Crippen LogP contribution is 2.57. The minimum Gasteiger partial charge on any atom is -0.429 e. The van der Waals surface area contributed by atoms with Gasteiger partial charge in [-0.05, 0) is 17.7 Å². The Kier molecular flexibility index (Phi) is 14.8. The molecule has 0 bridgehead atoms. The molecule has 0 saturated heterocycles. The number of hydrogen-bond donors (Lipinski definition) is 0. The molecule has 0 radical (unpaired) electrons. The first-order chi connectivity index (χ1) is 26.3. The third kappa shape index (κ3) is 11.0. The van der Waals surface area contributed by atoms with Crippen LogP contribution in [0.4, 0.5) is 140 Å². The van der Waals surface area contributed by atoms with E-state index in [1.165, 1.54) is 9.47 Å². The van der Waals surface area contributed by atoms with Gasteiger partial charge in [-0.1, -0.05) is 12.1 Å². The van der Waals surface area contributed by atoms with Crippen molar-refractivity contribution in [3.05, 3.63) is 29.8 Å². The second kappa shape index (κ2) is 16.3. The fraction of sp³-hybridized carbons (Fsp3) is 0.739. The van der Waals surface area contributed by atoms with Crippen LogP contribution in [0.1, 0.15) is 5.56 Å². The van der Waals surface area contributed by atoms with E-state index in [9.17, 15) is 140 Å². The smallest absolute Gasteiger partial charge is 0.429 e. The lowest BCUT2D eigenvalue weighted by Gasteiger charge is -2.38. The number of rotatable bonds is 19. The minimum atomic E-state index is -8.08.